The van der Waals surface area contributed by atoms with Crippen LogP contribution in [-0.2, 0) is 0 Å². The zero-order chi connectivity index (χ0) is 11.5. The predicted octanol–water partition coefficient (Wildman–Crippen LogP) is 2.75. The maximum atomic E-state index is 10.8. The fourth-order valence-electron chi connectivity index (χ4n) is 1.75. The molecule has 0 fully saturated rings. The van der Waals surface area contributed by atoms with Gasteiger partial charge in [0, 0.05) is 5.39 Å². The van der Waals surface area contributed by atoms with Crippen LogP contribution in [0.3, 0.4) is 0 Å². The van der Waals surface area contributed by atoms with E-state index in [1.807, 2.05) is 32.0 Å². The van der Waals surface area contributed by atoms with Gasteiger partial charge in [0.25, 0.3) is 0 Å². The van der Waals surface area contributed by atoms with Crippen LogP contribution in [-0.4, -0.2) is 17.9 Å². The third-order valence-corrected chi connectivity index (χ3v) is 2.45. The predicted molar refractivity (Wildman–Crippen MR) is 63.0 cm³/mol. The van der Waals surface area contributed by atoms with Gasteiger partial charge < -0.3 is 4.74 Å². The fraction of sp³-hybridized carbons (Fsp3) is 0.231. The van der Waals surface area contributed by atoms with Crippen molar-refractivity contribution in [2.75, 3.05) is 6.61 Å². The third kappa shape index (κ3) is 1.76. The first-order chi connectivity index (χ1) is 7.76. The molecule has 0 aliphatic carbocycles. The average molecular weight is 215 g/mol. The SMILES string of the molecule is CCOc1cccc2c(C)cc(C=O)nc12. The second-order valence-electron chi connectivity index (χ2n) is 3.57. The van der Waals surface area contributed by atoms with Crippen LogP contribution >= 0.6 is 0 Å². The minimum Gasteiger partial charge on any atom is -0.492 e. The van der Waals surface area contributed by atoms with Gasteiger partial charge in [0.15, 0.2) is 6.29 Å². The Labute approximate surface area is 94.1 Å². The summed E-state index contributed by atoms with van der Waals surface area (Å²) in [4.78, 5) is 15.0. The maximum Gasteiger partial charge on any atom is 0.168 e. The highest BCUT2D eigenvalue weighted by atomic mass is 16.5. The van der Waals surface area contributed by atoms with Crippen LogP contribution in [0, 0.1) is 6.92 Å². The highest BCUT2D eigenvalue weighted by molar-refractivity contribution is 5.90. The van der Waals surface area contributed by atoms with E-state index in [1.54, 1.807) is 6.07 Å². The second kappa shape index (κ2) is 4.31. The van der Waals surface area contributed by atoms with E-state index in [2.05, 4.69) is 4.98 Å². The molecule has 2 aromatic rings. The number of carbonyl (C=O) groups excluding carboxylic acids is 1. The molecule has 3 nitrogen and oxygen atoms in total. The summed E-state index contributed by atoms with van der Waals surface area (Å²) >= 11 is 0. The van der Waals surface area contributed by atoms with E-state index in [1.165, 1.54) is 0 Å². The molecule has 0 saturated carbocycles. The summed E-state index contributed by atoms with van der Waals surface area (Å²) in [7, 11) is 0. The molecule has 0 unspecified atom stereocenters. The lowest BCUT2D eigenvalue weighted by Gasteiger charge is -2.08. The zero-order valence-corrected chi connectivity index (χ0v) is 9.36. The summed E-state index contributed by atoms with van der Waals surface area (Å²) in [5.41, 5.74) is 2.23. The van der Waals surface area contributed by atoms with Gasteiger partial charge >= 0.3 is 0 Å². The number of aldehydes is 1. The minimum absolute atomic E-state index is 0.442. The number of pyridine rings is 1. The number of ether oxygens (including phenoxy) is 1. The molecule has 16 heavy (non-hydrogen) atoms. The van der Waals surface area contributed by atoms with Crippen LogP contribution in [0.1, 0.15) is 23.0 Å². The Kier molecular flexibility index (Phi) is 2.86. The van der Waals surface area contributed by atoms with E-state index in [0.29, 0.717) is 12.3 Å². The summed E-state index contributed by atoms with van der Waals surface area (Å²) in [6.07, 6.45) is 0.759. The number of hydrogen-bond acceptors (Lipinski definition) is 3. The van der Waals surface area contributed by atoms with Gasteiger partial charge in [-0.15, -0.1) is 0 Å². The second-order valence-corrected chi connectivity index (χ2v) is 3.57. The smallest absolute Gasteiger partial charge is 0.168 e. The number of aryl methyl sites for hydroxylation is 1. The van der Waals surface area contributed by atoms with Crippen molar-refractivity contribution in [1.82, 2.24) is 4.98 Å². The maximum absolute atomic E-state index is 10.8. The van der Waals surface area contributed by atoms with E-state index >= 15 is 0 Å². The lowest BCUT2D eigenvalue weighted by molar-refractivity contribution is 0.111. The molecule has 0 atom stereocenters. The van der Waals surface area contributed by atoms with Crippen LogP contribution in [0.5, 0.6) is 5.75 Å². The monoisotopic (exact) mass is 215 g/mol. The summed E-state index contributed by atoms with van der Waals surface area (Å²) in [6, 6.07) is 7.56. The average Bonchev–Trinajstić information content (AvgIpc) is 2.30. The van der Waals surface area contributed by atoms with Crippen molar-refractivity contribution in [2.24, 2.45) is 0 Å². The van der Waals surface area contributed by atoms with Gasteiger partial charge in [-0.3, -0.25) is 4.79 Å². The number of fused-ring (bicyclic) bond motifs is 1. The molecule has 0 amide bonds. The van der Waals surface area contributed by atoms with Crippen LogP contribution < -0.4 is 4.74 Å². The van der Waals surface area contributed by atoms with E-state index in [0.717, 1.165) is 28.5 Å². The molecular weight excluding hydrogens is 202 g/mol. The van der Waals surface area contributed by atoms with Gasteiger partial charge in [0.1, 0.15) is 17.0 Å². The van der Waals surface area contributed by atoms with Crippen LogP contribution in [0.4, 0.5) is 0 Å². The number of aromatic nitrogens is 1. The molecule has 82 valence electrons. The quantitative estimate of drug-likeness (QED) is 0.739. The highest BCUT2D eigenvalue weighted by Crippen LogP contribution is 2.26. The van der Waals surface area contributed by atoms with E-state index in [9.17, 15) is 4.79 Å². The number of hydrogen-bond donors (Lipinski definition) is 0. The molecular formula is C13H13NO2. The normalized spacial score (nSPS) is 10.4. The van der Waals surface area contributed by atoms with Crippen molar-refractivity contribution in [3.63, 3.8) is 0 Å². The molecule has 0 bridgehead atoms. The Morgan fingerprint density at radius 1 is 1.44 bits per heavy atom. The Morgan fingerprint density at radius 3 is 2.94 bits per heavy atom. The standard InChI is InChI=1S/C13H13NO2/c1-3-16-12-6-4-5-11-9(2)7-10(8-15)14-13(11)12/h4-8H,3H2,1-2H3. The van der Waals surface area contributed by atoms with Crippen molar-refractivity contribution in [3.05, 3.63) is 35.5 Å². The number of benzene rings is 1. The molecule has 0 N–H and O–H groups in total. The summed E-state index contributed by atoms with van der Waals surface area (Å²) in [5.74, 6) is 0.729. The lowest BCUT2D eigenvalue weighted by Crippen LogP contribution is -1.96. The molecule has 1 heterocycles. The van der Waals surface area contributed by atoms with Gasteiger partial charge in [-0.2, -0.15) is 0 Å². The van der Waals surface area contributed by atoms with Gasteiger partial charge in [-0.25, -0.2) is 4.98 Å². The van der Waals surface area contributed by atoms with E-state index in [4.69, 9.17) is 4.74 Å². The Morgan fingerprint density at radius 2 is 2.25 bits per heavy atom. The van der Waals surface area contributed by atoms with Crippen molar-refractivity contribution < 1.29 is 9.53 Å². The molecule has 0 aliphatic heterocycles. The molecule has 0 radical (unpaired) electrons. The largest absolute Gasteiger partial charge is 0.492 e. The number of nitrogens with zero attached hydrogens (tertiary/aromatic N) is 1. The lowest BCUT2D eigenvalue weighted by atomic mass is 10.1. The highest BCUT2D eigenvalue weighted by Gasteiger charge is 2.07. The van der Waals surface area contributed by atoms with E-state index in [-0.39, 0.29) is 0 Å². The first-order valence-electron chi connectivity index (χ1n) is 5.24. The molecule has 2 rings (SSSR count). The first-order valence-corrected chi connectivity index (χ1v) is 5.24. The third-order valence-electron chi connectivity index (χ3n) is 2.45. The van der Waals surface area contributed by atoms with Gasteiger partial charge in [0.05, 0.1) is 6.61 Å². The van der Waals surface area contributed by atoms with Gasteiger partial charge in [0.2, 0.25) is 0 Å². The number of para-hydroxylation sites is 1. The Hall–Kier alpha value is -1.90. The fourth-order valence-corrected chi connectivity index (χ4v) is 1.75. The molecule has 0 aliphatic rings. The Balaban J connectivity index is 2.74. The summed E-state index contributed by atoms with van der Waals surface area (Å²) in [6.45, 7) is 4.48. The first kappa shape index (κ1) is 10.6. The molecule has 0 spiro atoms. The zero-order valence-electron chi connectivity index (χ0n) is 9.36. The van der Waals surface area contributed by atoms with Gasteiger partial charge in [-0.1, -0.05) is 12.1 Å². The number of carbonyl (C=O) groups is 1. The van der Waals surface area contributed by atoms with Crippen molar-refractivity contribution in [2.45, 2.75) is 13.8 Å². The topological polar surface area (TPSA) is 39.2 Å². The summed E-state index contributed by atoms with van der Waals surface area (Å²) in [5, 5.41) is 1.02. The van der Waals surface area contributed by atoms with Crippen LogP contribution in [0.15, 0.2) is 24.3 Å². The minimum atomic E-state index is 0.442. The molecule has 3 heteroatoms. The molecule has 0 saturated heterocycles. The van der Waals surface area contributed by atoms with Crippen LogP contribution in [0.25, 0.3) is 10.9 Å². The Bertz CT molecular complexity index is 535. The van der Waals surface area contributed by atoms with Crippen molar-refractivity contribution in [1.29, 1.82) is 0 Å². The van der Waals surface area contributed by atoms with Crippen molar-refractivity contribution >= 4 is 17.2 Å². The van der Waals surface area contributed by atoms with Gasteiger partial charge in [-0.05, 0) is 31.5 Å². The van der Waals surface area contributed by atoms with Crippen molar-refractivity contribution in [3.8, 4) is 5.75 Å². The van der Waals surface area contributed by atoms with E-state index < -0.39 is 0 Å². The molecule has 1 aromatic carbocycles. The summed E-state index contributed by atoms with van der Waals surface area (Å²) < 4.78 is 5.50. The number of rotatable bonds is 3. The van der Waals surface area contributed by atoms with Crippen LogP contribution in [0.2, 0.25) is 0 Å². The molecule has 1 aromatic heterocycles.